The second kappa shape index (κ2) is 6.25. The molecule has 20 heavy (non-hydrogen) atoms. The number of rotatable bonds is 6. The second-order valence-corrected chi connectivity index (χ2v) is 6.03. The Balaban J connectivity index is 1.77. The number of aromatic nitrogens is 2. The van der Waals surface area contributed by atoms with Crippen molar-refractivity contribution in [3.05, 3.63) is 42.5 Å². The molecule has 2 heterocycles. The van der Waals surface area contributed by atoms with Gasteiger partial charge in [-0.05, 0) is 49.3 Å². The molecule has 0 bridgehead atoms. The van der Waals surface area contributed by atoms with E-state index in [2.05, 4.69) is 41.0 Å². The van der Waals surface area contributed by atoms with Gasteiger partial charge in [-0.1, -0.05) is 19.8 Å². The maximum absolute atomic E-state index is 4.32. The molecule has 0 atom stereocenters. The number of pyridine rings is 1. The Kier molecular flexibility index (Phi) is 4.19. The Morgan fingerprint density at radius 1 is 1.30 bits per heavy atom. The lowest BCUT2D eigenvalue weighted by Gasteiger charge is -2.25. The molecule has 1 aliphatic rings. The van der Waals surface area contributed by atoms with Gasteiger partial charge in [0.05, 0.1) is 0 Å². The average Bonchev–Trinajstić information content (AvgIpc) is 2.89. The van der Waals surface area contributed by atoms with Crippen molar-refractivity contribution in [1.82, 2.24) is 9.55 Å². The first kappa shape index (κ1) is 13.4. The maximum atomic E-state index is 4.32. The Morgan fingerprint density at radius 2 is 2.20 bits per heavy atom. The van der Waals surface area contributed by atoms with E-state index in [1.807, 2.05) is 12.4 Å². The second-order valence-electron chi connectivity index (χ2n) is 6.03. The number of nitrogens with zero attached hydrogens (tertiary/aromatic N) is 2. The highest BCUT2D eigenvalue weighted by molar-refractivity contribution is 5.65. The van der Waals surface area contributed by atoms with E-state index in [0.717, 1.165) is 12.3 Å². The molecular weight excluding hydrogens is 244 g/mol. The van der Waals surface area contributed by atoms with E-state index < -0.39 is 0 Å². The van der Waals surface area contributed by atoms with Crippen LogP contribution in [0.5, 0.6) is 0 Å². The van der Waals surface area contributed by atoms with Crippen molar-refractivity contribution in [3.63, 3.8) is 0 Å². The van der Waals surface area contributed by atoms with Gasteiger partial charge in [0.2, 0.25) is 0 Å². The lowest BCUT2D eigenvalue weighted by molar-refractivity contribution is 0.277. The summed E-state index contributed by atoms with van der Waals surface area (Å²) in [6, 6.07) is 4.42. The normalized spacial score (nSPS) is 15.2. The lowest BCUT2D eigenvalue weighted by atomic mass is 9.85. The largest absolute Gasteiger partial charge is 0.353 e. The third-order valence-corrected chi connectivity index (χ3v) is 4.47. The lowest BCUT2D eigenvalue weighted by Crippen LogP contribution is -2.16. The summed E-state index contributed by atoms with van der Waals surface area (Å²) in [5, 5.41) is 0. The van der Waals surface area contributed by atoms with Crippen molar-refractivity contribution in [3.8, 4) is 11.1 Å². The zero-order valence-electron chi connectivity index (χ0n) is 12.4. The zero-order valence-corrected chi connectivity index (χ0v) is 12.4. The molecule has 2 heteroatoms. The first-order chi connectivity index (χ1) is 9.86. The van der Waals surface area contributed by atoms with Crippen molar-refractivity contribution in [2.45, 2.75) is 52.0 Å². The van der Waals surface area contributed by atoms with E-state index >= 15 is 0 Å². The molecule has 1 saturated carbocycles. The van der Waals surface area contributed by atoms with Crippen LogP contribution in [-0.2, 0) is 13.0 Å². The van der Waals surface area contributed by atoms with Crippen molar-refractivity contribution >= 4 is 0 Å². The van der Waals surface area contributed by atoms with Gasteiger partial charge in [0.25, 0.3) is 0 Å². The summed E-state index contributed by atoms with van der Waals surface area (Å²) >= 11 is 0. The van der Waals surface area contributed by atoms with Crippen LogP contribution < -0.4 is 0 Å². The van der Waals surface area contributed by atoms with Crippen molar-refractivity contribution < 1.29 is 0 Å². The average molecular weight is 268 g/mol. The number of hydrogen-bond acceptors (Lipinski definition) is 1. The first-order valence-corrected chi connectivity index (χ1v) is 7.96. The van der Waals surface area contributed by atoms with Crippen LogP contribution in [0.4, 0.5) is 0 Å². The molecular formula is C18H24N2. The Morgan fingerprint density at radius 3 is 2.95 bits per heavy atom. The predicted octanol–water partition coefficient (Wildman–Crippen LogP) is 4.69. The Bertz CT molecular complexity index is 552. The summed E-state index contributed by atoms with van der Waals surface area (Å²) in [6.07, 6.45) is 16.3. The van der Waals surface area contributed by atoms with E-state index in [-0.39, 0.29) is 0 Å². The third-order valence-electron chi connectivity index (χ3n) is 4.47. The van der Waals surface area contributed by atoms with Gasteiger partial charge in [0, 0.05) is 42.5 Å². The highest BCUT2D eigenvalue weighted by Crippen LogP contribution is 2.29. The molecule has 2 nitrogen and oxygen atoms in total. The molecule has 2 aromatic heterocycles. The molecule has 0 radical (unpaired) electrons. The van der Waals surface area contributed by atoms with Crippen LogP contribution in [0.25, 0.3) is 11.1 Å². The van der Waals surface area contributed by atoms with Crippen molar-refractivity contribution in [2.75, 3.05) is 0 Å². The molecule has 3 rings (SSSR count). The van der Waals surface area contributed by atoms with Gasteiger partial charge in [-0.25, -0.2) is 0 Å². The van der Waals surface area contributed by atoms with Gasteiger partial charge in [-0.15, -0.1) is 0 Å². The van der Waals surface area contributed by atoms with Crippen LogP contribution in [0, 0.1) is 5.92 Å². The number of unbranched alkanes of at least 4 members (excludes halogenated alkanes) is 1. The third kappa shape index (κ3) is 2.95. The smallest absolute Gasteiger partial charge is 0.0349 e. The molecule has 0 saturated heterocycles. The predicted molar refractivity (Wildman–Crippen MR) is 83.6 cm³/mol. The molecule has 0 aromatic carbocycles. The molecule has 0 amide bonds. The van der Waals surface area contributed by atoms with Crippen LogP contribution in [0.15, 0.2) is 36.9 Å². The van der Waals surface area contributed by atoms with E-state index in [9.17, 15) is 0 Å². The van der Waals surface area contributed by atoms with E-state index in [1.54, 1.807) is 0 Å². The monoisotopic (exact) mass is 268 g/mol. The molecule has 0 N–H and O–H groups in total. The van der Waals surface area contributed by atoms with E-state index in [4.69, 9.17) is 0 Å². The highest BCUT2D eigenvalue weighted by atomic mass is 14.9. The number of aryl methyl sites for hydroxylation is 1. The molecule has 0 spiro atoms. The minimum atomic E-state index is 0.906. The fraction of sp³-hybridized carbons (Fsp3) is 0.500. The quantitative estimate of drug-likeness (QED) is 0.743. The van der Waals surface area contributed by atoms with Gasteiger partial charge in [-0.3, -0.25) is 4.98 Å². The maximum Gasteiger partial charge on any atom is 0.0349 e. The van der Waals surface area contributed by atoms with E-state index in [0.29, 0.717) is 0 Å². The standard InChI is InChI=1S/C18H24N2/c1-2-3-7-16-8-10-19-12-18(16)17-9-11-20(14-17)13-15-5-4-6-15/h8-12,14-15H,2-7,13H2,1H3. The van der Waals surface area contributed by atoms with Gasteiger partial charge in [0.15, 0.2) is 0 Å². The molecule has 2 aromatic rings. The summed E-state index contributed by atoms with van der Waals surface area (Å²) in [6.45, 7) is 3.43. The van der Waals surface area contributed by atoms with Crippen LogP contribution in [-0.4, -0.2) is 9.55 Å². The molecule has 1 fully saturated rings. The molecule has 0 unspecified atom stereocenters. The number of hydrogen-bond donors (Lipinski definition) is 0. The fourth-order valence-corrected chi connectivity index (χ4v) is 2.96. The van der Waals surface area contributed by atoms with Gasteiger partial charge >= 0.3 is 0 Å². The van der Waals surface area contributed by atoms with Crippen LogP contribution >= 0.6 is 0 Å². The van der Waals surface area contributed by atoms with Gasteiger partial charge in [-0.2, -0.15) is 0 Å². The summed E-state index contributed by atoms with van der Waals surface area (Å²) in [5.74, 6) is 0.906. The molecule has 0 aliphatic heterocycles. The van der Waals surface area contributed by atoms with Gasteiger partial charge in [0.1, 0.15) is 0 Å². The van der Waals surface area contributed by atoms with Gasteiger partial charge < -0.3 is 4.57 Å². The van der Waals surface area contributed by atoms with Crippen LogP contribution in [0.1, 0.15) is 44.6 Å². The molecule has 1 aliphatic carbocycles. The van der Waals surface area contributed by atoms with E-state index in [1.165, 1.54) is 55.3 Å². The topological polar surface area (TPSA) is 17.8 Å². The summed E-state index contributed by atoms with van der Waals surface area (Å²) < 4.78 is 2.36. The Labute approximate surface area is 121 Å². The summed E-state index contributed by atoms with van der Waals surface area (Å²) in [5.41, 5.74) is 4.07. The minimum Gasteiger partial charge on any atom is -0.353 e. The minimum absolute atomic E-state index is 0.906. The summed E-state index contributed by atoms with van der Waals surface area (Å²) in [7, 11) is 0. The summed E-state index contributed by atoms with van der Waals surface area (Å²) in [4.78, 5) is 4.32. The Hall–Kier alpha value is -1.57. The first-order valence-electron chi connectivity index (χ1n) is 7.96. The van der Waals surface area contributed by atoms with Crippen molar-refractivity contribution in [1.29, 1.82) is 0 Å². The van der Waals surface area contributed by atoms with Crippen molar-refractivity contribution in [2.24, 2.45) is 5.92 Å². The SMILES string of the molecule is CCCCc1ccncc1-c1ccn(CC2CCC2)c1. The zero-order chi connectivity index (χ0) is 13.8. The molecule has 106 valence electrons. The van der Waals surface area contributed by atoms with Crippen LogP contribution in [0.2, 0.25) is 0 Å². The van der Waals surface area contributed by atoms with Crippen LogP contribution in [0.3, 0.4) is 0 Å². The fourth-order valence-electron chi connectivity index (χ4n) is 2.96. The highest BCUT2D eigenvalue weighted by Gasteiger charge is 2.17.